The molecule has 6 heteroatoms. The SMILES string of the molecule is COc1cccc(NCl)c1[N+](=O)[O-]. The first-order chi connectivity index (χ1) is 6.20. The van der Waals surface area contributed by atoms with Gasteiger partial charge in [0, 0.05) is 11.8 Å². The number of halogens is 1. The molecule has 0 aliphatic carbocycles. The molecule has 0 spiro atoms. The fraction of sp³-hybridized carbons (Fsp3) is 0.143. The molecule has 0 heterocycles. The summed E-state index contributed by atoms with van der Waals surface area (Å²) >= 11 is 5.30. The zero-order chi connectivity index (χ0) is 9.84. The molecule has 1 aromatic carbocycles. The van der Waals surface area contributed by atoms with Crippen molar-refractivity contribution in [1.29, 1.82) is 0 Å². The van der Waals surface area contributed by atoms with Gasteiger partial charge in [0.15, 0.2) is 5.75 Å². The van der Waals surface area contributed by atoms with E-state index in [1.54, 1.807) is 6.07 Å². The molecule has 70 valence electrons. The second-order valence-corrected chi connectivity index (χ2v) is 2.40. The molecule has 13 heavy (non-hydrogen) atoms. The predicted molar refractivity (Wildman–Crippen MR) is 49.1 cm³/mol. The van der Waals surface area contributed by atoms with Gasteiger partial charge in [0.25, 0.3) is 0 Å². The summed E-state index contributed by atoms with van der Waals surface area (Å²) in [7, 11) is 1.36. The molecular formula is C7H7ClN2O3. The first-order valence-corrected chi connectivity index (χ1v) is 3.76. The van der Waals surface area contributed by atoms with Crippen LogP contribution in [0.1, 0.15) is 0 Å². The Labute approximate surface area is 79.5 Å². The van der Waals surface area contributed by atoms with Gasteiger partial charge in [0.1, 0.15) is 5.69 Å². The van der Waals surface area contributed by atoms with E-state index in [1.807, 2.05) is 0 Å². The summed E-state index contributed by atoms with van der Waals surface area (Å²) < 4.78 is 4.81. The normalized spacial score (nSPS) is 9.38. The van der Waals surface area contributed by atoms with Crippen molar-refractivity contribution in [3.05, 3.63) is 28.3 Å². The van der Waals surface area contributed by atoms with E-state index in [9.17, 15) is 10.1 Å². The number of nitrogens with zero attached hydrogens (tertiary/aromatic N) is 1. The lowest BCUT2D eigenvalue weighted by molar-refractivity contribution is -0.384. The molecular weight excluding hydrogens is 196 g/mol. The van der Waals surface area contributed by atoms with E-state index >= 15 is 0 Å². The van der Waals surface area contributed by atoms with Crippen LogP contribution in [0.4, 0.5) is 11.4 Å². The smallest absolute Gasteiger partial charge is 0.334 e. The lowest BCUT2D eigenvalue weighted by Crippen LogP contribution is -1.96. The fourth-order valence-electron chi connectivity index (χ4n) is 0.952. The summed E-state index contributed by atoms with van der Waals surface area (Å²) in [5.41, 5.74) is 0.0472. The number of nitro benzene ring substituents is 1. The van der Waals surface area contributed by atoms with E-state index in [0.29, 0.717) is 0 Å². The topological polar surface area (TPSA) is 64.4 Å². The van der Waals surface area contributed by atoms with Crippen LogP contribution < -0.4 is 9.57 Å². The van der Waals surface area contributed by atoms with E-state index < -0.39 is 4.92 Å². The first-order valence-electron chi connectivity index (χ1n) is 3.38. The van der Waals surface area contributed by atoms with Gasteiger partial charge in [-0.1, -0.05) is 6.07 Å². The number of hydrogen-bond acceptors (Lipinski definition) is 4. The van der Waals surface area contributed by atoms with Gasteiger partial charge < -0.3 is 4.74 Å². The molecule has 0 amide bonds. The van der Waals surface area contributed by atoms with Crippen molar-refractivity contribution >= 4 is 23.2 Å². The summed E-state index contributed by atoms with van der Waals surface area (Å²) in [5, 5.41) is 10.6. The third kappa shape index (κ3) is 1.81. The summed E-state index contributed by atoms with van der Waals surface area (Å²) in [5.74, 6) is 0.177. The van der Waals surface area contributed by atoms with Gasteiger partial charge in [-0.25, -0.2) is 0 Å². The zero-order valence-corrected chi connectivity index (χ0v) is 7.54. The highest BCUT2D eigenvalue weighted by molar-refractivity contribution is 6.24. The maximum atomic E-state index is 10.6. The highest BCUT2D eigenvalue weighted by Crippen LogP contribution is 2.34. The Bertz CT molecular complexity index is 307. The average Bonchev–Trinajstić information content (AvgIpc) is 2.16. The number of anilines is 1. The molecule has 5 nitrogen and oxygen atoms in total. The number of benzene rings is 1. The quantitative estimate of drug-likeness (QED) is 0.464. The minimum atomic E-state index is -0.552. The van der Waals surface area contributed by atoms with Crippen LogP contribution in [0.25, 0.3) is 0 Å². The Balaban J connectivity index is 3.29. The van der Waals surface area contributed by atoms with Crippen molar-refractivity contribution in [2.75, 3.05) is 11.9 Å². The number of para-hydroxylation sites is 1. The minimum Gasteiger partial charge on any atom is -0.490 e. The Hall–Kier alpha value is -1.49. The second-order valence-electron chi connectivity index (χ2n) is 2.21. The van der Waals surface area contributed by atoms with Crippen molar-refractivity contribution in [2.24, 2.45) is 0 Å². The van der Waals surface area contributed by atoms with Crippen molar-refractivity contribution < 1.29 is 9.66 Å². The van der Waals surface area contributed by atoms with Gasteiger partial charge in [-0.2, -0.15) is 0 Å². The van der Waals surface area contributed by atoms with Crippen LogP contribution in [0.3, 0.4) is 0 Å². The van der Waals surface area contributed by atoms with Gasteiger partial charge >= 0.3 is 5.69 Å². The lowest BCUT2D eigenvalue weighted by Gasteiger charge is -2.04. The van der Waals surface area contributed by atoms with Gasteiger partial charge in [0.05, 0.1) is 12.0 Å². The molecule has 0 aliphatic heterocycles. The highest BCUT2D eigenvalue weighted by Gasteiger charge is 2.19. The number of methoxy groups -OCH3 is 1. The van der Waals surface area contributed by atoms with Crippen molar-refractivity contribution in [1.82, 2.24) is 0 Å². The Morgan fingerprint density at radius 1 is 1.62 bits per heavy atom. The summed E-state index contributed by atoms with van der Waals surface area (Å²) in [6.07, 6.45) is 0. The molecule has 0 fully saturated rings. The van der Waals surface area contributed by atoms with Gasteiger partial charge in [-0.3, -0.25) is 15.0 Å². The summed E-state index contributed by atoms with van der Waals surface area (Å²) in [4.78, 5) is 12.2. The molecule has 1 rings (SSSR count). The lowest BCUT2D eigenvalue weighted by atomic mass is 10.2. The molecule has 1 aromatic rings. The molecule has 0 bridgehead atoms. The van der Waals surface area contributed by atoms with E-state index in [4.69, 9.17) is 16.5 Å². The van der Waals surface area contributed by atoms with E-state index in [0.717, 1.165) is 0 Å². The molecule has 0 aromatic heterocycles. The van der Waals surface area contributed by atoms with Crippen LogP contribution in [0.2, 0.25) is 0 Å². The number of ether oxygens (including phenoxy) is 1. The number of hydrogen-bond donors (Lipinski definition) is 1. The third-order valence-electron chi connectivity index (χ3n) is 1.50. The minimum absolute atomic E-state index is 0.167. The van der Waals surface area contributed by atoms with Gasteiger partial charge in [0.2, 0.25) is 0 Å². The predicted octanol–water partition coefficient (Wildman–Crippen LogP) is 2.17. The van der Waals surface area contributed by atoms with E-state index in [2.05, 4.69) is 4.84 Å². The maximum Gasteiger partial charge on any atom is 0.334 e. The van der Waals surface area contributed by atoms with Crippen molar-refractivity contribution in [2.45, 2.75) is 0 Å². The van der Waals surface area contributed by atoms with Gasteiger partial charge in [-0.15, -0.1) is 0 Å². The standard InChI is InChI=1S/C7H7ClN2O3/c1-13-6-4-2-3-5(9-8)7(6)10(11)12/h2-4,9H,1H3. The van der Waals surface area contributed by atoms with E-state index in [1.165, 1.54) is 19.2 Å². The summed E-state index contributed by atoms with van der Waals surface area (Å²) in [6, 6.07) is 4.60. The van der Waals surface area contributed by atoms with Crippen LogP contribution in [0.5, 0.6) is 5.75 Å². The molecule has 0 saturated heterocycles. The van der Waals surface area contributed by atoms with Crippen LogP contribution in [-0.2, 0) is 0 Å². The van der Waals surface area contributed by atoms with Crippen molar-refractivity contribution in [3.8, 4) is 5.75 Å². The Kier molecular flexibility index (Phi) is 2.92. The first kappa shape index (κ1) is 9.60. The van der Waals surface area contributed by atoms with E-state index in [-0.39, 0.29) is 17.1 Å². The van der Waals surface area contributed by atoms with Gasteiger partial charge in [-0.05, 0) is 12.1 Å². The monoisotopic (exact) mass is 202 g/mol. The Morgan fingerprint density at radius 3 is 2.77 bits per heavy atom. The number of nitrogens with one attached hydrogen (secondary N) is 1. The molecule has 1 N–H and O–H groups in total. The van der Waals surface area contributed by atoms with Crippen LogP contribution in [0.15, 0.2) is 18.2 Å². The largest absolute Gasteiger partial charge is 0.490 e. The van der Waals surface area contributed by atoms with Crippen molar-refractivity contribution in [3.63, 3.8) is 0 Å². The third-order valence-corrected chi connectivity index (χ3v) is 1.71. The zero-order valence-electron chi connectivity index (χ0n) is 6.78. The van der Waals surface area contributed by atoms with Crippen LogP contribution >= 0.6 is 11.8 Å². The molecule has 0 saturated carbocycles. The van der Waals surface area contributed by atoms with Crippen LogP contribution in [0, 0.1) is 10.1 Å². The molecule has 0 aliphatic rings. The number of nitro groups is 1. The maximum absolute atomic E-state index is 10.6. The average molecular weight is 203 g/mol. The molecule has 0 atom stereocenters. The molecule has 0 radical (unpaired) electrons. The second kappa shape index (κ2) is 3.95. The Morgan fingerprint density at radius 2 is 2.31 bits per heavy atom. The fourth-order valence-corrected chi connectivity index (χ4v) is 1.10. The highest BCUT2D eigenvalue weighted by atomic mass is 35.5. The molecule has 0 unspecified atom stereocenters. The summed E-state index contributed by atoms with van der Waals surface area (Å²) in [6.45, 7) is 0. The number of rotatable bonds is 3. The van der Waals surface area contributed by atoms with Crippen LogP contribution in [-0.4, -0.2) is 12.0 Å².